The van der Waals surface area contributed by atoms with Gasteiger partial charge in [-0.25, -0.2) is 9.18 Å². The van der Waals surface area contributed by atoms with Crippen LogP contribution in [0.25, 0.3) is 0 Å². The maximum absolute atomic E-state index is 14.7. The van der Waals surface area contributed by atoms with Crippen LogP contribution in [-0.4, -0.2) is 37.6 Å². The van der Waals surface area contributed by atoms with Crippen molar-refractivity contribution in [3.63, 3.8) is 0 Å². The molecule has 3 aromatic rings. The molecule has 248 valence electrons. The molecule has 0 aliphatic heterocycles. The number of carbonyl (C=O) groups is 2. The van der Waals surface area contributed by atoms with Crippen LogP contribution in [0.3, 0.4) is 0 Å². The highest BCUT2D eigenvalue weighted by Crippen LogP contribution is 2.37. The summed E-state index contributed by atoms with van der Waals surface area (Å²) in [5, 5.41) is 6.01. The van der Waals surface area contributed by atoms with Crippen molar-refractivity contribution in [2.24, 2.45) is 0 Å². The fourth-order valence-electron chi connectivity index (χ4n) is 5.74. The SMILES string of the molecule is CCOC(=O)CCCCCOc1ccc(CC(NC(=O)NC2CCCC2)(c2cccc(F)c2)c2cccc(OC(F)(F)F)c2)cc1. The molecule has 2 N–H and O–H groups in total. The maximum Gasteiger partial charge on any atom is 0.573 e. The molecule has 7 nitrogen and oxygen atoms in total. The topological polar surface area (TPSA) is 85.9 Å². The second kappa shape index (κ2) is 16.3. The van der Waals surface area contributed by atoms with E-state index in [9.17, 15) is 27.2 Å². The Morgan fingerprint density at radius 1 is 0.870 bits per heavy atom. The number of nitrogens with one attached hydrogen (secondary N) is 2. The van der Waals surface area contributed by atoms with Gasteiger partial charge in [0.1, 0.15) is 17.3 Å². The fraction of sp³-hybridized carbons (Fsp3) is 0.429. The van der Waals surface area contributed by atoms with Crippen molar-refractivity contribution in [3.05, 3.63) is 95.3 Å². The molecule has 1 atom stereocenters. The van der Waals surface area contributed by atoms with Crippen molar-refractivity contribution in [1.82, 2.24) is 10.6 Å². The number of hydrogen-bond acceptors (Lipinski definition) is 5. The third-order valence-corrected chi connectivity index (χ3v) is 7.89. The van der Waals surface area contributed by atoms with Crippen LogP contribution >= 0.6 is 0 Å². The Morgan fingerprint density at radius 2 is 1.57 bits per heavy atom. The average Bonchev–Trinajstić information content (AvgIpc) is 3.51. The van der Waals surface area contributed by atoms with Crippen molar-refractivity contribution < 1.29 is 41.4 Å². The Kier molecular flexibility index (Phi) is 12.3. The minimum atomic E-state index is -4.93. The second-order valence-electron chi connectivity index (χ2n) is 11.4. The van der Waals surface area contributed by atoms with Crippen LogP contribution in [0.2, 0.25) is 0 Å². The summed E-state index contributed by atoms with van der Waals surface area (Å²) < 4.78 is 69.3. The van der Waals surface area contributed by atoms with Gasteiger partial charge in [0.15, 0.2) is 0 Å². The summed E-state index contributed by atoms with van der Waals surface area (Å²) in [4.78, 5) is 25.0. The monoisotopic (exact) mass is 644 g/mol. The Morgan fingerprint density at radius 3 is 2.24 bits per heavy atom. The predicted molar refractivity (Wildman–Crippen MR) is 165 cm³/mol. The van der Waals surface area contributed by atoms with Crippen LogP contribution in [0.1, 0.15) is 75.0 Å². The minimum Gasteiger partial charge on any atom is -0.494 e. The van der Waals surface area contributed by atoms with E-state index in [4.69, 9.17) is 9.47 Å². The molecule has 1 aliphatic rings. The molecule has 0 spiro atoms. The van der Waals surface area contributed by atoms with Crippen molar-refractivity contribution in [1.29, 1.82) is 0 Å². The molecule has 0 aromatic heterocycles. The van der Waals surface area contributed by atoms with E-state index < -0.39 is 29.5 Å². The lowest BCUT2D eigenvalue weighted by molar-refractivity contribution is -0.274. The van der Waals surface area contributed by atoms with Gasteiger partial charge < -0.3 is 24.8 Å². The molecule has 0 bridgehead atoms. The predicted octanol–water partition coefficient (Wildman–Crippen LogP) is 7.95. The molecule has 2 amide bonds. The van der Waals surface area contributed by atoms with Gasteiger partial charge in [-0.2, -0.15) is 0 Å². The Balaban J connectivity index is 1.59. The molecule has 4 rings (SSSR count). The summed E-state index contributed by atoms with van der Waals surface area (Å²) in [5.41, 5.74) is -0.128. The van der Waals surface area contributed by atoms with Crippen molar-refractivity contribution in [2.75, 3.05) is 13.2 Å². The zero-order valence-electron chi connectivity index (χ0n) is 25.8. The number of esters is 1. The summed E-state index contributed by atoms with van der Waals surface area (Å²) in [7, 11) is 0. The standard InChI is InChI=1S/C35H40F4N2O5/c1-2-44-32(42)16-4-3-7-21-45-30-19-17-25(18-20-30)24-34(26-10-8-12-28(36)22-26,41-33(43)40-29-13-5-6-14-29)27-11-9-15-31(23-27)46-35(37,38)39/h8-12,15,17-20,22-23,29H,2-7,13-14,16,21,24H2,1H3,(H2,40,41,43). The van der Waals surface area contributed by atoms with Gasteiger partial charge in [0, 0.05) is 18.9 Å². The molecular formula is C35H40F4N2O5. The lowest BCUT2D eigenvalue weighted by Gasteiger charge is -2.37. The summed E-state index contributed by atoms with van der Waals surface area (Å²) in [6.45, 7) is 2.59. The van der Waals surface area contributed by atoms with Gasteiger partial charge in [0.05, 0.1) is 18.8 Å². The van der Waals surface area contributed by atoms with Crippen molar-refractivity contribution in [3.8, 4) is 11.5 Å². The number of unbranched alkanes of at least 4 members (excludes halogenated alkanes) is 2. The first-order valence-electron chi connectivity index (χ1n) is 15.6. The van der Waals surface area contributed by atoms with Gasteiger partial charge in [-0.05, 0) is 92.1 Å². The van der Waals surface area contributed by atoms with E-state index in [1.807, 2.05) is 0 Å². The van der Waals surface area contributed by atoms with E-state index in [1.165, 1.54) is 36.4 Å². The second-order valence-corrected chi connectivity index (χ2v) is 11.4. The quantitative estimate of drug-likeness (QED) is 0.0997. The number of carbonyl (C=O) groups excluding carboxylic acids is 2. The van der Waals surface area contributed by atoms with E-state index in [2.05, 4.69) is 15.4 Å². The van der Waals surface area contributed by atoms with Crippen LogP contribution in [0, 0.1) is 5.82 Å². The lowest BCUT2D eigenvalue weighted by atomic mass is 9.77. The van der Waals surface area contributed by atoms with Gasteiger partial charge >= 0.3 is 18.4 Å². The number of hydrogen-bond donors (Lipinski definition) is 2. The molecule has 3 aromatic carbocycles. The summed E-state index contributed by atoms with van der Waals surface area (Å²) in [6.07, 6.45) is 1.40. The molecule has 1 fully saturated rings. The highest BCUT2D eigenvalue weighted by atomic mass is 19.4. The van der Waals surface area contributed by atoms with Gasteiger partial charge in [0.25, 0.3) is 0 Å². The highest BCUT2D eigenvalue weighted by molar-refractivity contribution is 5.76. The molecule has 0 radical (unpaired) electrons. The van der Waals surface area contributed by atoms with Gasteiger partial charge in [-0.3, -0.25) is 4.79 Å². The van der Waals surface area contributed by atoms with Crippen LogP contribution < -0.4 is 20.1 Å². The fourth-order valence-corrected chi connectivity index (χ4v) is 5.74. The van der Waals surface area contributed by atoms with E-state index in [0.29, 0.717) is 42.9 Å². The third kappa shape index (κ3) is 10.4. The smallest absolute Gasteiger partial charge is 0.494 e. The summed E-state index contributed by atoms with van der Waals surface area (Å²) in [6, 6.07) is 17.6. The Hall–Kier alpha value is -4.28. The van der Waals surface area contributed by atoms with Gasteiger partial charge in [-0.1, -0.05) is 49.2 Å². The first kappa shape index (κ1) is 34.6. The number of rotatable bonds is 15. The number of amides is 2. The molecule has 1 aliphatic carbocycles. The third-order valence-electron chi connectivity index (χ3n) is 7.89. The number of benzene rings is 3. The number of urea groups is 1. The molecule has 1 saturated carbocycles. The van der Waals surface area contributed by atoms with E-state index >= 15 is 0 Å². The molecule has 11 heteroatoms. The average molecular weight is 645 g/mol. The molecule has 46 heavy (non-hydrogen) atoms. The van der Waals surface area contributed by atoms with Crippen LogP contribution in [-0.2, 0) is 21.5 Å². The lowest BCUT2D eigenvalue weighted by Crippen LogP contribution is -2.53. The zero-order chi connectivity index (χ0) is 33.0. The zero-order valence-corrected chi connectivity index (χ0v) is 25.8. The molecule has 1 unspecified atom stereocenters. The first-order chi connectivity index (χ1) is 22.1. The summed E-state index contributed by atoms with van der Waals surface area (Å²) >= 11 is 0. The van der Waals surface area contributed by atoms with Crippen LogP contribution in [0.5, 0.6) is 11.5 Å². The van der Waals surface area contributed by atoms with Crippen molar-refractivity contribution in [2.45, 2.75) is 82.7 Å². The molecule has 0 saturated heterocycles. The molecule has 0 heterocycles. The Labute approximate surface area is 266 Å². The first-order valence-corrected chi connectivity index (χ1v) is 15.6. The normalized spacial score (nSPS) is 14.7. The molecular weight excluding hydrogens is 604 g/mol. The minimum absolute atomic E-state index is 0.0355. The van der Waals surface area contributed by atoms with Gasteiger partial charge in [-0.15, -0.1) is 13.2 Å². The Bertz CT molecular complexity index is 1430. The number of halogens is 4. The highest BCUT2D eigenvalue weighted by Gasteiger charge is 2.39. The number of ether oxygens (including phenoxy) is 3. The van der Waals surface area contributed by atoms with Crippen LogP contribution in [0.15, 0.2) is 72.8 Å². The summed E-state index contributed by atoms with van der Waals surface area (Å²) in [5.74, 6) is -0.625. The van der Waals surface area contributed by atoms with Gasteiger partial charge in [0.2, 0.25) is 0 Å². The van der Waals surface area contributed by atoms with E-state index in [1.54, 1.807) is 43.3 Å². The van der Waals surface area contributed by atoms with Crippen molar-refractivity contribution >= 4 is 12.0 Å². The number of alkyl halides is 3. The van der Waals surface area contributed by atoms with E-state index in [-0.39, 0.29) is 24.0 Å². The van der Waals surface area contributed by atoms with Crippen LogP contribution in [0.4, 0.5) is 22.4 Å². The largest absolute Gasteiger partial charge is 0.573 e. The van der Waals surface area contributed by atoms with E-state index in [0.717, 1.165) is 38.5 Å². The maximum atomic E-state index is 14.7.